The largest absolute Gasteiger partial charge is 0.374 e. The molecule has 1 aliphatic heterocycles. The van der Waals surface area contributed by atoms with Crippen LogP contribution in [-0.4, -0.2) is 30.8 Å². The first-order valence-corrected chi connectivity index (χ1v) is 5.23. The molecular formula is C10H22N2O. The second kappa shape index (κ2) is 4.94. The fraction of sp³-hybridized carbons (Fsp3) is 1.00. The maximum Gasteiger partial charge on any atom is 0.0672 e. The van der Waals surface area contributed by atoms with Gasteiger partial charge in [-0.15, -0.1) is 0 Å². The zero-order valence-corrected chi connectivity index (χ0v) is 8.92. The number of nitrogens with one attached hydrogen (secondary N) is 1. The molecule has 0 aromatic rings. The van der Waals surface area contributed by atoms with Crippen LogP contribution in [0.15, 0.2) is 0 Å². The van der Waals surface area contributed by atoms with Gasteiger partial charge in [0.15, 0.2) is 0 Å². The van der Waals surface area contributed by atoms with Crippen LogP contribution in [0.2, 0.25) is 0 Å². The monoisotopic (exact) mass is 186 g/mol. The molecule has 1 rings (SSSR count). The normalized spacial score (nSPS) is 37.4. The van der Waals surface area contributed by atoms with Crippen molar-refractivity contribution in [3.63, 3.8) is 0 Å². The highest BCUT2D eigenvalue weighted by atomic mass is 16.5. The first-order valence-electron chi connectivity index (χ1n) is 5.23. The van der Waals surface area contributed by atoms with E-state index in [0.717, 1.165) is 12.8 Å². The van der Waals surface area contributed by atoms with Gasteiger partial charge in [0.05, 0.1) is 12.2 Å². The molecule has 3 nitrogen and oxygen atoms in total. The molecule has 0 aromatic carbocycles. The lowest BCUT2D eigenvalue weighted by molar-refractivity contribution is -0.0270. The Bertz CT molecular complexity index is 142. The van der Waals surface area contributed by atoms with Gasteiger partial charge in [-0.3, -0.25) is 0 Å². The van der Waals surface area contributed by atoms with Crippen LogP contribution in [-0.2, 0) is 4.74 Å². The number of hydrogen-bond acceptors (Lipinski definition) is 3. The molecule has 3 atom stereocenters. The molecule has 0 radical (unpaired) electrons. The molecule has 1 saturated heterocycles. The summed E-state index contributed by atoms with van der Waals surface area (Å²) >= 11 is 0. The van der Waals surface area contributed by atoms with Gasteiger partial charge in [0.1, 0.15) is 0 Å². The van der Waals surface area contributed by atoms with E-state index in [1.165, 1.54) is 0 Å². The Morgan fingerprint density at radius 3 is 2.38 bits per heavy atom. The Labute approximate surface area is 81.0 Å². The summed E-state index contributed by atoms with van der Waals surface area (Å²) in [4.78, 5) is 0. The zero-order valence-electron chi connectivity index (χ0n) is 8.92. The van der Waals surface area contributed by atoms with E-state index in [1.807, 2.05) is 6.92 Å². The van der Waals surface area contributed by atoms with Crippen LogP contribution in [0.4, 0.5) is 0 Å². The van der Waals surface area contributed by atoms with Crippen molar-refractivity contribution in [1.82, 2.24) is 5.32 Å². The number of piperidine rings is 1. The van der Waals surface area contributed by atoms with Crippen LogP contribution in [0.5, 0.6) is 0 Å². The SMILES string of the molecule is CC1CC(OC(C)CN)CC(C)N1. The Morgan fingerprint density at radius 1 is 1.38 bits per heavy atom. The highest BCUT2D eigenvalue weighted by Crippen LogP contribution is 2.17. The highest BCUT2D eigenvalue weighted by Gasteiger charge is 2.24. The van der Waals surface area contributed by atoms with E-state index in [9.17, 15) is 0 Å². The van der Waals surface area contributed by atoms with Crippen molar-refractivity contribution < 1.29 is 4.74 Å². The van der Waals surface area contributed by atoms with Crippen LogP contribution in [0, 0.1) is 0 Å². The molecule has 78 valence electrons. The van der Waals surface area contributed by atoms with Gasteiger partial charge < -0.3 is 15.8 Å². The molecule has 0 aliphatic carbocycles. The van der Waals surface area contributed by atoms with Gasteiger partial charge in [-0.1, -0.05) is 0 Å². The van der Waals surface area contributed by atoms with Crippen molar-refractivity contribution in [3.05, 3.63) is 0 Å². The second-order valence-corrected chi connectivity index (χ2v) is 4.24. The maximum absolute atomic E-state index is 5.82. The van der Waals surface area contributed by atoms with Crippen molar-refractivity contribution in [2.75, 3.05) is 6.54 Å². The van der Waals surface area contributed by atoms with E-state index >= 15 is 0 Å². The van der Waals surface area contributed by atoms with Gasteiger partial charge in [-0.2, -0.15) is 0 Å². The van der Waals surface area contributed by atoms with E-state index in [2.05, 4.69) is 19.2 Å². The topological polar surface area (TPSA) is 47.3 Å². The minimum Gasteiger partial charge on any atom is -0.374 e. The summed E-state index contributed by atoms with van der Waals surface area (Å²) < 4.78 is 5.82. The summed E-state index contributed by atoms with van der Waals surface area (Å²) in [6.45, 7) is 7.07. The number of rotatable bonds is 3. The molecular weight excluding hydrogens is 164 g/mol. The van der Waals surface area contributed by atoms with Gasteiger partial charge >= 0.3 is 0 Å². The lowest BCUT2D eigenvalue weighted by Gasteiger charge is -2.34. The molecule has 1 aliphatic rings. The number of hydrogen-bond donors (Lipinski definition) is 2. The van der Waals surface area contributed by atoms with Crippen LogP contribution >= 0.6 is 0 Å². The summed E-state index contributed by atoms with van der Waals surface area (Å²) in [6.07, 6.45) is 2.80. The third kappa shape index (κ3) is 3.63. The van der Waals surface area contributed by atoms with Crippen molar-refractivity contribution >= 4 is 0 Å². The third-order valence-corrected chi connectivity index (χ3v) is 2.56. The van der Waals surface area contributed by atoms with Gasteiger partial charge in [0.2, 0.25) is 0 Å². The van der Waals surface area contributed by atoms with E-state index in [-0.39, 0.29) is 6.10 Å². The third-order valence-electron chi connectivity index (χ3n) is 2.56. The summed E-state index contributed by atoms with van der Waals surface area (Å²) in [5.74, 6) is 0. The number of ether oxygens (including phenoxy) is 1. The predicted molar refractivity (Wildman–Crippen MR) is 54.7 cm³/mol. The average molecular weight is 186 g/mol. The Kier molecular flexibility index (Phi) is 4.16. The fourth-order valence-electron chi connectivity index (χ4n) is 2.00. The molecule has 0 spiro atoms. The first kappa shape index (κ1) is 11.0. The minimum atomic E-state index is 0.197. The second-order valence-electron chi connectivity index (χ2n) is 4.24. The van der Waals surface area contributed by atoms with Gasteiger partial charge in [-0.05, 0) is 33.6 Å². The summed E-state index contributed by atoms with van der Waals surface area (Å²) in [5, 5.41) is 3.49. The van der Waals surface area contributed by atoms with Gasteiger partial charge in [0.25, 0.3) is 0 Å². The maximum atomic E-state index is 5.82. The molecule has 13 heavy (non-hydrogen) atoms. The summed E-state index contributed by atoms with van der Waals surface area (Å²) in [7, 11) is 0. The van der Waals surface area contributed by atoms with Crippen molar-refractivity contribution in [2.45, 2.75) is 57.9 Å². The van der Waals surface area contributed by atoms with E-state index in [4.69, 9.17) is 10.5 Å². The summed E-state index contributed by atoms with van der Waals surface area (Å²) in [5.41, 5.74) is 5.52. The Morgan fingerprint density at radius 2 is 1.92 bits per heavy atom. The molecule has 3 N–H and O–H groups in total. The molecule has 3 unspecified atom stereocenters. The van der Waals surface area contributed by atoms with Crippen LogP contribution < -0.4 is 11.1 Å². The van der Waals surface area contributed by atoms with Crippen molar-refractivity contribution in [3.8, 4) is 0 Å². The quantitative estimate of drug-likeness (QED) is 0.688. The van der Waals surface area contributed by atoms with E-state index in [1.54, 1.807) is 0 Å². The molecule has 3 heteroatoms. The average Bonchev–Trinajstić information content (AvgIpc) is 2.02. The molecule has 0 amide bonds. The van der Waals surface area contributed by atoms with Gasteiger partial charge in [0, 0.05) is 18.6 Å². The minimum absolute atomic E-state index is 0.197. The molecule has 1 fully saturated rings. The van der Waals surface area contributed by atoms with E-state index in [0.29, 0.717) is 24.7 Å². The molecule has 0 aromatic heterocycles. The molecule has 0 saturated carbocycles. The van der Waals surface area contributed by atoms with Crippen LogP contribution in [0.1, 0.15) is 33.6 Å². The van der Waals surface area contributed by atoms with Crippen molar-refractivity contribution in [2.24, 2.45) is 5.73 Å². The van der Waals surface area contributed by atoms with Crippen LogP contribution in [0.25, 0.3) is 0 Å². The highest BCUT2D eigenvalue weighted by molar-refractivity contribution is 4.81. The number of nitrogens with two attached hydrogens (primary N) is 1. The zero-order chi connectivity index (χ0) is 9.84. The Hall–Kier alpha value is -0.120. The molecule has 0 bridgehead atoms. The lowest BCUT2D eigenvalue weighted by atomic mass is 9.97. The smallest absolute Gasteiger partial charge is 0.0672 e. The predicted octanol–water partition coefficient (Wildman–Crippen LogP) is 0.879. The Balaban J connectivity index is 2.32. The van der Waals surface area contributed by atoms with Gasteiger partial charge in [-0.25, -0.2) is 0 Å². The standard InChI is InChI=1S/C10H22N2O/c1-7-4-10(5-8(2)12-7)13-9(3)6-11/h7-10,12H,4-6,11H2,1-3H3. The van der Waals surface area contributed by atoms with E-state index < -0.39 is 0 Å². The fourth-order valence-corrected chi connectivity index (χ4v) is 2.00. The lowest BCUT2D eigenvalue weighted by Crippen LogP contribution is -2.46. The molecule has 1 heterocycles. The van der Waals surface area contributed by atoms with Crippen LogP contribution in [0.3, 0.4) is 0 Å². The first-order chi connectivity index (χ1) is 6.11. The van der Waals surface area contributed by atoms with Crippen molar-refractivity contribution in [1.29, 1.82) is 0 Å². The summed E-state index contributed by atoms with van der Waals surface area (Å²) in [6, 6.07) is 1.14.